The van der Waals surface area contributed by atoms with Gasteiger partial charge in [-0.3, -0.25) is 0 Å². The summed E-state index contributed by atoms with van der Waals surface area (Å²) in [6.07, 6.45) is 9.19. The third kappa shape index (κ3) is 5.53. The van der Waals surface area contributed by atoms with E-state index in [0.29, 0.717) is 12.1 Å². The van der Waals surface area contributed by atoms with Crippen LogP contribution in [-0.2, 0) is 0 Å². The van der Waals surface area contributed by atoms with E-state index in [-0.39, 0.29) is 0 Å². The molecule has 1 fully saturated rings. The quantitative estimate of drug-likeness (QED) is 0.637. The summed E-state index contributed by atoms with van der Waals surface area (Å²) in [5.74, 6) is 0.841. The second-order valence-electron chi connectivity index (χ2n) is 5.24. The van der Waals surface area contributed by atoms with Gasteiger partial charge in [0, 0.05) is 12.1 Å². The normalized spacial score (nSPS) is 28.2. The fraction of sp³-hybridized carbons (Fsp3) is 1.00. The number of unbranched alkanes of at least 4 members (excludes halogenated alkanes) is 2. The average molecular weight is 212 g/mol. The van der Waals surface area contributed by atoms with Crippen LogP contribution in [-0.4, -0.2) is 18.6 Å². The molecule has 0 bridgehead atoms. The second-order valence-corrected chi connectivity index (χ2v) is 5.24. The molecule has 0 aromatic carbocycles. The molecule has 3 N–H and O–H groups in total. The van der Waals surface area contributed by atoms with E-state index in [1.807, 2.05) is 0 Å². The standard InChI is InChI=1S/C13H28N2/c1-3-4-5-6-11(2)15-10-12-7-8-13(14)9-12/h11-13,15H,3-10,14H2,1-2H3. The minimum Gasteiger partial charge on any atom is -0.328 e. The van der Waals surface area contributed by atoms with Crippen LogP contribution in [0.15, 0.2) is 0 Å². The lowest BCUT2D eigenvalue weighted by atomic mass is 10.1. The Labute approximate surface area is 95.0 Å². The van der Waals surface area contributed by atoms with Crippen molar-refractivity contribution < 1.29 is 0 Å². The van der Waals surface area contributed by atoms with E-state index in [1.54, 1.807) is 0 Å². The molecule has 0 heterocycles. The highest BCUT2D eigenvalue weighted by atomic mass is 14.9. The van der Waals surface area contributed by atoms with E-state index in [2.05, 4.69) is 19.2 Å². The van der Waals surface area contributed by atoms with Crippen molar-refractivity contribution in [3.05, 3.63) is 0 Å². The monoisotopic (exact) mass is 212 g/mol. The third-order valence-electron chi connectivity index (χ3n) is 3.58. The third-order valence-corrected chi connectivity index (χ3v) is 3.58. The van der Waals surface area contributed by atoms with Crippen molar-refractivity contribution in [1.29, 1.82) is 0 Å². The van der Waals surface area contributed by atoms with Gasteiger partial charge < -0.3 is 11.1 Å². The van der Waals surface area contributed by atoms with Crippen LogP contribution in [0.25, 0.3) is 0 Å². The number of hydrogen-bond acceptors (Lipinski definition) is 2. The van der Waals surface area contributed by atoms with Crippen LogP contribution in [0, 0.1) is 5.92 Å². The fourth-order valence-corrected chi connectivity index (χ4v) is 2.47. The molecule has 2 heteroatoms. The molecule has 90 valence electrons. The van der Waals surface area contributed by atoms with Crippen molar-refractivity contribution in [2.24, 2.45) is 11.7 Å². The maximum absolute atomic E-state index is 5.90. The molecule has 0 aliphatic heterocycles. The van der Waals surface area contributed by atoms with Gasteiger partial charge in [0.1, 0.15) is 0 Å². The Balaban J connectivity index is 1.98. The lowest BCUT2D eigenvalue weighted by Crippen LogP contribution is -2.31. The molecule has 0 radical (unpaired) electrons. The van der Waals surface area contributed by atoms with Gasteiger partial charge in [0.05, 0.1) is 0 Å². The van der Waals surface area contributed by atoms with Crippen LogP contribution < -0.4 is 11.1 Å². The SMILES string of the molecule is CCCCCC(C)NCC1CCC(N)C1. The van der Waals surface area contributed by atoms with Crippen LogP contribution in [0.1, 0.15) is 58.8 Å². The Bertz CT molecular complexity index is 159. The fourth-order valence-electron chi connectivity index (χ4n) is 2.47. The summed E-state index contributed by atoms with van der Waals surface area (Å²) in [4.78, 5) is 0. The molecule has 1 aliphatic rings. The minimum atomic E-state index is 0.479. The van der Waals surface area contributed by atoms with E-state index in [0.717, 1.165) is 5.92 Å². The first-order chi connectivity index (χ1) is 7.22. The Morgan fingerprint density at radius 1 is 1.33 bits per heavy atom. The van der Waals surface area contributed by atoms with Crippen molar-refractivity contribution >= 4 is 0 Å². The molecule has 3 atom stereocenters. The predicted octanol–water partition coefficient (Wildman–Crippen LogP) is 2.67. The van der Waals surface area contributed by atoms with Gasteiger partial charge in [-0.15, -0.1) is 0 Å². The minimum absolute atomic E-state index is 0.479. The zero-order chi connectivity index (χ0) is 11.1. The molecule has 1 aliphatic carbocycles. The van der Waals surface area contributed by atoms with Gasteiger partial charge in [0.2, 0.25) is 0 Å². The zero-order valence-corrected chi connectivity index (χ0v) is 10.5. The van der Waals surface area contributed by atoms with Gasteiger partial charge in [0.25, 0.3) is 0 Å². The first-order valence-electron chi connectivity index (χ1n) is 6.71. The van der Waals surface area contributed by atoms with Crippen LogP contribution in [0.5, 0.6) is 0 Å². The smallest absolute Gasteiger partial charge is 0.00420 e. The summed E-state index contributed by atoms with van der Waals surface area (Å²) in [7, 11) is 0. The van der Waals surface area contributed by atoms with E-state index in [4.69, 9.17) is 5.73 Å². The molecule has 0 aromatic rings. The first-order valence-corrected chi connectivity index (χ1v) is 6.71. The van der Waals surface area contributed by atoms with Crippen molar-refractivity contribution in [3.8, 4) is 0 Å². The molecular weight excluding hydrogens is 184 g/mol. The van der Waals surface area contributed by atoms with Crippen LogP contribution in [0.3, 0.4) is 0 Å². The Hall–Kier alpha value is -0.0800. The summed E-state index contributed by atoms with van der Waals surface area (Å²) in [6.45, 7) is 5.75. The van der Waals surface area contributed by atoms with Crippen LogP contribution in [0.2, 0.25) is 0 Å². The molecule has 0 amide bonds. The lowest BCUT2D eigenvalue weighted by molar-refractivity contribution is 0.419. The van der Waals surface area contributed by atoms with Crippen LogP contribution >= 0.6 is 0 Å². The van der Waals surface area contributed by atoms with Gasteiger partial charge in [-0.05, 0) is 45.1 Å². The molecule has 3 unspecified atom stereocenters. The Morgan fingerprint density at radius 2 is 2.13 bits per heavy atom. The van der Waals surface area contributed by atoms with Crippen molar-refractivity contribution in [3.63, 3.8) is 0 Å². The summed E-state index contributed by atoms with van der Waals surface area (Å²) < 4.78 is 0. The van der Waals surface area contributed by atoms with Gasteiger partial charge in [-0.2, -0.15) is 0 Å². The van der Waals surface area contributed by atoms with Crippen molar-refractivity contribution in [1.82, 2.24) is 5.32 Å². The van der Waals surface area contributed by atoms with Gasteiger partial charge in [-0.1, -0.05) is 26.2 Å². The van der Waals surface area contributed by atoms with E-state index in [1.165, 1.54) is 51.5 Å². The highest BCUT2D eigenvalue weighted by Crippen LogP contribution is 2.23. The second kappa shape index (κ2) is 7.24. The average Bonchev–Trinajstić information content (AvgIpc) is 2.62. The van der Waals surface area contributed by atoms with Gasteiger partial charge in [-0.25, -0.2) is 0 Å². The van der Waals surface area contributed by atoms with Gasteiger partial charge >= 0.3 is 0 Å². The van der Waals surface area contributed by atoms with E-state index >= 15 is 0 Å². The number of rotatable bonds is 7. The maximum Gasteiger partial charge on any atom is 0.00420 e. The number of hydrogen-bond donors (Lipinski definition) is 2. The molecule has 1 saturated carbocycles. The van der Waals surface area contributed by atoms with Crippen LogP contribution in [0.4, 0.5) is 0 Å². The molecule has 0 aromatic heterocycles. The molecule has 1 rings (SSSR count). The number of nitrogens with one attached hydrogen (secondary N) is 1. The molecule has 15 heavy (non-hydrogen) atoms. The molecule has 2 nitrogen and oxygen atoms in total. The lowest BCUT2D eigenvalue weighted by Gasteiger charge is -2.17. The maximum atomic E-state index is 5.90. The summed E-state index contributed by atoms with van der Waals surface area (Å²) in [5, 5.41) is 3.65. The summed E-state index contributed by atoms with van der Waals surface area (Å²) in [5.41, 5.74) is 5.90. The summed E-state index contributed by atoms with van der Waals surface area (Å²) >= 11 is 0. The number of nitrogens with two attached hydrogens (primary N) is 1. The Morgan fingerprint density at radius 3 is 2.73 bits per heavy atom. The zero-order valence-electron chi connectivity index (χ0n) is 10.5. The van der Waals surface area contributed by atoms with Crippen molar-refractivity contribution in [2.75, 3.05) is 6.54 Å². The Kier molecular flexibility index (Phi) is 6.26. The van der Waals surface area contributed by atoms with Crippen molar-refractivity contribution in [2.45, 2.75) is 70.9 Å². The first kappa shape index (κ1) is 13.0. The van der Waals surface area contributed by atoms with E-state index in [9.17, 15) is 0 Å². The largest absolute Gasteiger partial charge is 0.328 e. The summed E-state index contributed by atoms with van der Waals surface area (Å²) in [6, 6.07) is 1.17. The molecular formula is C13H28N2. The van der Waals surface area contributed by atoms with E-state index < -0.39 is 0 Å². The topological polar surface area (TPSA) is 38.0 Å². The molecule has 0 saturated heterocycles. The highest BCUT2D eigenvalue weighted by molar-refractivity contribution is 4.79. The molecule has 0 spiro atoms. The highest BCUT2D eigenvalue weighted by Gasteiger charge is 2.21. The van der Waals surface area contributed by atoms with Gasteiger partial charge in [0.15, 0.2) is 0 Å². The predicted molar refractivity (Wildman–Crippen MR) is 66.9 cm³/mol.